The van der Waals surface area contributed by atoms with E-state index in [1.165, 1.54) is 28.2 Å². The number of halogens is 1. The maximum Gasteiger partial charge on any atom is 0.257 e. The highest BCUT2D eigenvalue weighted by Crippen LogP contribution is 2.25. The Morgan fingerprint density at radius 3 is 2.37 bits per heavy atom. The zero-order valence-corrected chi connectivity index (χ0v) is 17.3. The van der Waals surface area contributed by atoms with E-state index in [0.29, 0.717) is 29.4 Å². The van der Waals surface area contributed by atoms with Crippen LogP contribution in [0.4, 0.5) is 5.69 Å². The van der Waals surface area contributed by atoms with Crippen molar-refractivity contribution in [2.45, 2.75) is 29.1 Å². The van der Waals surface area contributed by atoms with E-state index in [4.69, 9.17) is 11.6 Å². The molecule has 1 fully saturated rings. The van der Waals surface area contributed by atoms with Crippen molar-refractivity contribution in [1.82, 2.24) is 4.31 Å². The molecule has 1 aliphatic heterocycles. The molecule has 2 aromatic carbocycles. The van der Waals surface area contributed by atoms with E-state index in [1.54, 1.807) is 24.3 Å². The number of hydrogen-bond donors (Lipinski definition) is 1. The van der Waals surface area contributed by atoms with Crippen LogP contribution in [0.1, 0.15) is 29.6 Å². The van der Waals surface area contributed by atoms with Crippen LogP contribution in [0.2, 0.25) is 5.02 Å². The van der Waals surface area contributed by atoms with Gasteiger partial charge in [0.2, 0.25) is 10.0 Å². The molecular weight excluding hydrogens is 404 g/mol. The number of benzene rings is 2. The lowest BCUT2D eigenvalue weighted by molar-refractivity contribution is 0.102. The maximum absolute atomic E-state index is 12.7. The Morgan fingerprint density at radius 2 is 1.74 bits per heavy atom. The minimum Gasteiger partial charge on any atom is -0.322 e. The van der Waals surface area contributed by atoms with Crippen LogP contribution in [0, 0.1) is 0 Å². The van der Waals surface area contributed by atoms with E-state index in [2.05, 4.69) is 5.32 Å². The first kappa shape index (κ1) is 20.2. The molecule has 0 bridgehead atoms. The van der Waals surface area contributed by atoms with Crippen molar-refractivity contribution in [3.63, 3.8) is 0 Å². The number of rotatable bonds is 5. The van der Waals surface area contributed by atoms with Crippen LogP contribution >= 0.6 is 23.4 Å². The summed E-state index contributed by atoms with van der Waals surface area (Å²) < 4.78 is 26.9. The molecule has 144 valence electrons. The Balaban J connectivity index is 1.75. The minimum absolute atomic E-state index is 0.241. The fourth-order valence-corrected chi connectivity index (χ4v) is 5.13. The molecule has 1 amide bonds. The van der Waals surface area contributed by atoms with Gasteiger partial charge in [-0.25, -0.2) is 8.42 Å². The zero-order valence-electron chi connectivity index (χ0n) is 14.9. The number of piperidine rings is 1. The smallest absolute Gasteiger partial charge is 0.257 e. The van der Waals surface area contributed by atoms with Crippen LogP contribution in [0.15, 0.2) is 52.3 Å². The standard InChI is InChI=1S/C19H21ClN2O3S2/c1-26-15-7-10-18(20)17(13-15)19(23)21-14-5-8-16(9-6-14)27(24,25)22-11-3-2-4-12-22/h5-10,13H,2-4,11-12H2,1H3,(H,21,23). The number of nitrogens with one attached hydrogen (secondary N) is 1. The Morgan fingerprint density at radius 1 is 1.07 bits per heavy atom. The number of anilines is 1. The van der Waals surface area contributed by atoms with E-state index in [-0.39, 0.29) is 10.8 Å². The van der Waals surface area contributed by atoms with Crippen LogP contribution in [0.3, 0.4) is 0 Å². The van der Waals surface area contributed by atoms with Gasteiger partial charge >= 0.3 is 0 Å². The molecule has 1 aliphatic rings. The average molecular weight is 425 g/mol. The molecule has 3 rings (SSSR count). The molecule has 0 atom stereocenters. The van der Waals surface area contributed by atoms with E-state index < -0.39 is 10.0 Å². The topological polar surface area (TPSA) is 66.5 Å². The summed E-state index contributed by atoms with van der Waals surface area (Å²) in [6.07, 6.45) is 4.77. The number of carbonyl (C=O) groups is 1. The predicted molar refractivity (Wildman–Crippen MR) is 110 cm³/mol. The molecule has 1 heterocycles. The summed E-state index contributed by atoms with van der Waals surface area (Å²) in [6.45, 7) is 1.12. The van der Waals surface area contributed by atoms with Crippen molar-refractivity contribution in [2.24, 2.45) is 0 Å². The second kappa shape index (κ2) is 8.65. The Hall–Kier alpha value is -1.54. The quantitative estimate of drug-likeness (QED) is 0.718. The lowest BCUT2D eigenvalue weighted by atomic mass is 10.2. The summed E-state index contributed by atoms with van der Waals surface area (Å²) in [5.74, 6) is -0.331. The molecule has 27 heavy (non-hydrogen) atoms. The number of sulfonamides is 1. The first-order valence-corrected chi connectivity index (χ1v) is 11.7. The monoisotopic (exact) mass is 424 g/mol. The number of nitrogens with zero attached hydrogens (tertiary/aromatic N) is 1. The molecule has 0 spiro atoms. The van der Waals surface area contributed by atoms with Crippen LogP contribution in [0.25, 0.3) is 0 Å². The summed E-state index contributed by atoms with van der Waals surface area (Å²) >= 11 is 7.65. The lowest BCUT2D eigenvalue weighted by Gasteiger charge is -2.25. The highest BCUT2D eigenvalue weighted by molar-refractivity contribution is 7.98. The predicted octanol–water partition coefficient (Wildman–Crippen LogP) is 4.49. The van der Waals surface area contributed by atoms with Gasteiger partial charge in [-0.15, -0.1) is 11.8 Å². The van der Waals surface area contributed by atoms with E-state index >= 15 is 0 Å². The highest BCUT2D eigenvalue weighted by atomic mass is 35.5. The van der Waals surface area contributed by atoms with Gasteiger partial charge in [0.1, 0.15) is 0 Å². The first-order valence-electron chi connectivity index (χ1n) is 8.67. The summed E-state index contributed by atoms with van der Waals surface area (Å²) in [5, 5.41) is 3.14. The maximum atomic E-state index is 12.7. The lowest BCUT2D eigenvalue weighted by Crippen LogP contribution is -2.35. The third-order valence-corrected chi connectivity index (χ3v) is 7.45. The number of thioether (sulfide) groups is 1. The van der Waals surface area contributed by atoms with E-state index in [0.717, 1.165) is 24.2 Å². The Bertz CT molecular complexity index is 924. The average Bonchev–Trinajstić information content (AvgIpc) is 2.69. The van der Waals surface area contributed by atoms with Crippen molar-refractivity contribution in [2.75, 3.05) is 24.7 Å². The van der Waals surface area contributed by atoms with Crippen LogP contribution < -0.4 is 5.32 Å². The van der Waals surface area contributed by atoms with Gasteiger partial charge in [0.15, 0.2) is 0 Å². The van der Waals surface area contributed by atoms with Gasteiger partial charge in [0.25, 0.3) is 5.91 Å². The SMILES string of the molecule is CSc1ccc(Cl)c(C(=O)Nc2ccc(S(=O)(=O)N3CCCCC3)cc2)c1. The highest BCUT2D eigenvalue weighted by Gasteiger charge is 2.25. The van der Waals surface area contributed by atoms with Gasteiger partial charge in [0.05, 0.1) is 15.5 Å². The number of carbonyl (C=O) groups excluding carboxylic acids is 1. The van der Waals surface area contributed by atoms with Gasteiger partial charge in [-0.2, -0.15) is 4.31 Å². The number of hydrogen-bond acceptors (Lipinski definition) is 4. The van der Waals surface area contributed by atoms with Gasteiger partial charge in [-0.05, 0) is 61.6 Å². The number of amides is 1. The molecule has 1 N–H and O–H groups in total. The largest absolute Gasteiger partial charge is 0.322 e. The van der Waals surface area contributed by atoms with Crippen molar-refractivity contribution in [3.8, 4) is 0 Å². The molecule has 0 saturated carbocycles. The summed E-state index contributed by atoms with van der Waals surface area (Å²) in [5.41, 5.74) is 0.900. The van der Waals surface area contributed by atoms with Crippen LogP contribution in [0.5, 0.6) is 0 Å². The van der Waals surface area contributed by atoms with Crippen molar-refractivity contribution < 1.29 is 13.2 Å². The second-order valence-electron chi connectivity index (χ2n) is 6.29. The summed E-state index contributed by atoms with van der Waals surface area (Å²) in [7, 11) is -3.48. The third-order valence-electron chi connectivity index (χ3n) is 4.48. The molecule has 0 radical (unpaired) electrons. The van der Waals surface area contributed by atoms with Crippen LogP contribution in [-0.4, -0.2) is 38.0 Å². The van der Waals surface area contributed by atoms with Crippen molar-refractivity contribution in [1.29, 1.82) is 0 Å². The molecule has 0 unspecified atom stereocenters. The van der Waals surface area contributed by atoms with Gasteiger partial charge in [0, 0.05) is 23.7 Å². The Kier molecular flexibility index (Phi) is 6.47. The van der Waals surface area contributed by atoms with E-state index in [1.807, 2.05) is 12.3 Å². The molecule has 0 aromatic heterocycles. The van der Waals surface area contributed by atoms with Gasteiger partial charge in [-0.3, -0.25) is 4.79 Å². The fourth-order valence-electron chi connectivity index (χ4n) is 2.97. The molecule has 5 nitrogen and oxygen atoms in total. The third kappa shape index (κ3) is 4.66. The van der Waals surface area contributed by atoms with Gasteiger partial charge in [-0.1, -0.05) is 18.0 Å². The molecule has 0 aliphatic carbocycles. The van der Waals surface area contributed by atoms with Gasteiger partial charge < -0.3 is 5.32 Å². The fraction of sp³-hybridized carbons (Fsp3) is 0.316. The zero-order chi connectivity index (χ0) is 19.4. The summed E-state index contributed by atoms with van der Waals surface area (Å²) in [4.78, 5) is 13.7. The van der Waals surface area contributed by atoms with Crippen molar-refractivity contribution in [3.05, 3.63) is 53.1 Å². The molecule has 1 saturated heterocycles. The normalized spacial score (nSPS) is 15.5. The first-order chi connectivity index (χ1) is 12.9. The second-order valence-corrected chi connectivity index (χ2v) is 9.51. The minimum atomic E-state index is -3.48. The van der Waals surface area contributed by atoms with Crippen molar-refractivity contribution >= 4 is 45.0 Å². The Labute approximate surface area is 169 Å². The van der Waals surface area contributed by atoms with E-state index in [9.17, 15) is 13.2 Å². The molecular formula is C19H21ClN2O3S2. The van der Waals surface area contributed by atoms with Crippen LogP contribution in [-0.2, 0) is 10.0 Å². The summed E-state index contributed by atoms with van der Waals surface area (Å²) in [6, 6.07) is 11.5. The molecule has 8 heteroatoms. The molecule has 2 aromatic rings.